The van der Waals surface area contributed by atoms with Crippen molar-refractivity contribution in [3.05, 3.63) is 54.1 Å². The summed E-state index contributed by atoms with van der Waals surface area (Å²) in [5.74, 6) is 0.245. The number of amides is 1. The molecule has 8 heteroatoms. The molecule has 4 rings (SSSR count). The lowest BCUT2D eigenvalue weighted by molar-refractivity contribution is -0.136. The van der Waals surface area contributed by atoms with Crippen molar-refractivity contribution < 1.29 is 13.7 Å². The van der Waals surface area contributed by atoms with Crippen LogP contribution in [0.15, 0.2) is 41.4 Å². The van der Waals surface area contributed by atoms with E-state index < -0.39 is 0 Å². The molecule has 0 aliphatic carbocycles. The van der Waals surface area contributed by atoms with Gasteiger partial charge in [-0.25, -0.2) is 9.37 Å². The maximum absolute atomic E-state index is 13.5. The number of nitrogens with zero attached hydrogens (tertiary/aromatic N) is 5. The summed E-state index contributed by atoms with van der Waals surface area (Å²) in [6, 6.07) is 6.23. The molecule has 0 saturated heterocycles. The number of halogens is 1. The summed E-state index contributed by atoms with van der Waals surface area (Å²) in [5, 5.41) is 8.15. The zero-order chi connectivity index (χ0) is 18.1. The quantitative estimate of drug-likeness (QED) is 0.718. The maximum atomic E-state index is 13.5. The van der Waals surface area contributed by atoms with Gasteiger partial charge in [0.25, 0.3) is 0 Å². The predicted octanol–water partition coefficient (Wildman–Crippen LogP) is 2.29. The van der Waals surface area contributed by atoms with E-state index in [1.165, 1.54) is 18.5 Å². The molecule has 1 aliphatic heterocycles. The van der Waals surface area contributed by atoms with Gasteiger partial charge in [-0.15, -0.1) is 0 Å². The SMILES string of the molecule is CC(Cn1cncn1)C(=O)N1CCc2onc(-c3cccc(F)c3)c2C1. The summed E-state index contributed by atoms with van der Waals surface area (Å²) in [5.41, 5.74) is 2.10. The van der Waals surface area contributed by atoms with Gasteiger partial charge in [0, 0.05) is 24.1 Å². The fourth-order valence-corrected chi connectivity index (χ4v) is 3.26. The van der Waals surface area contributed by atoms with Gasteiger partial charge in [-0.3, -0.25) is 9.48 Å². The van der Waals surface area contributed by atoms with Crippen LogP contribution in [0.2, 0.25) is 0 Å². The highest BCUT2D eigenvalue weighted by Crippen LogP contribution is 2.30. The van der Waals surface area contributed by atoms with Crippen molar-refractivity contribution in [1.29, 1.82) is 0 Å². The molecule has 0 bridgehead atoms. The van der Waals surface area contributed by atoms with E-state index >= 15 is 0 Å². The molecule has 134 valence electrons. The van der Waals surface area contributed by atoms with E-state index in [0.717, 1.165) is 11.3 Å². The van der Waals surface area contributed by atoms with E-state index in [1.54, 1.807) is 28.0 Å². The van der Waals surface area contributed by atoms with Crippen LogP contribution in [0.3, 0.4) is 0 Å². The molecule has 7 nitrogen and oxygen atoms in total. The number of rotatable bonds is 4. The second-order valence-electron chi connectivity index (χ2n) is 6.47. The Morgan fingerprint density at radius 1 is 1.42 bits per heavy atom. The van der Waals surface area contributed by atoms with E-state index in [9.17, 15) is 9.18 Å². The van der Waals surface area contributed by atoms with Crippen LogP contribution in [-0.2, 0) is 24.3 Å². The Bertz CT molecular complexity index is 922. The van der Waals surface area contributed by atoms with Gasteiger partial charge < -0.3 is 9.42 Å². The molecule has 0 radical (unpaired) electrons. The summed E-state index contributed by atoms with van der Waals surface area (Å²) >= 11 is 0. The van der Waals surface area contributed by atoms with Crippen LogP contribution < -0.4 is 0 Å². The lowest BCUT2D eigenvalue weighted by atomic mass is 10.00. The van der Waals surface area contributed by atoms with Crippen molar-refractivity contribution in [2.45, 2.75) is 26.4 Å². The summed E-state index contributed by atoms with van der Waals surface area (Å²) in [6.07, 6.45) is 3.65. The van der Waals surface area contributed by atoms with E-state index in [0.29, 0.717) is 37.3 Å². The van der Waals surface area contributed by atoms with Crippen LogP contribution in [-0.4, -0.2) is 37.3 Å². The first kappa shape index (κ1) is 16.4. The molecule has 3 heterocycles. The summed E-state index contributed by atoms with van der Waals surface area (Å²) in [4.78, 5) is 18.5. The summed E-state index contributed by atoms with van der Waals surface area (Å²) in [6.45, 7) is 3.33. The van der Waals surface area contributed by atoms with E-state index in [4.69, 9.17) is 4.52 Å². The summed E-state index contributed by atoms with van der Waals surface area (Å²) < 4.78 is 20.6. The average molecular weight is 355 g/mol. The third-order valence-electron chi connectivity index (χ3n) is 4.59. The van der Waals surface area contributed by atoms with E-state index in [-0.39, 0.29) is 17.6 Å². The molecule has 0 N–H and O–H groups in total. The third-order valence-corrected chi connectivity index (χ3v) is 4.59. The molecule has 1 aliphatic rings. The van der Waals surface area contributed by atoms with Crippen LogP contribution >= 0.6 is 0 Å². The Hall–Kier alpha value is -3.03. The van der Waals surface area contributed by atoms with Gasteiger partial charge in [0.05, 0.1) is 19.0 Å². The minimum Gasteiger partial charge on any atom is -0.360 e. The highest BCUT2D eigenvalue weighted by atomic mass is 19.1. The first-order valence-electron chi connectivity index (χ1n) is 8.46. The first-order valence-corrected chi connectivity index (χ1v) is 8.46. The second kappa shape index (κ2) is 6.70. The molecule has 3 aromatic rings. The lowest BCUT2D eigenvalue weighted by Crippen LogP contribution is -2.40. The second-order valence-corrected chi connectivity index (χ2v) is 6.47. The predicted molar refractivity (Wildman–Crippen MR) is 90.2 cm³/mol. The van der Waals surface area contributed by atoms with Crippen LogP contribution in [0, 0.1) is 11.7 Å². The highest BCUT2D eigenvalue weighted by Gasteiger charge is 2.29. The molecule has 26 heavy (non-hydrogen) atoms. The van der Waals surface area contributed by atoms with Gasteiger partial charge >= 0.3 is 0 Å². The Kier molecular flexibility index (Phi) is 4.24. The smallest absolute Gasteiger partial charge is 0.227 e. The van der Waals surface area contributed by atoms with Crippen molar-refractivity contribution >= 4 is 5.91 Å². The molecule has 1 aromatic carbocycles. The first-order chi connectivity index (χ1) is 12.6. The van der Waals surface area contributed by atoms with Gasteiger partial charge in [0.1, 0.15) is 29.9 Å². The van der Waals surface area contributed by atoms with Gasteiger partial charge in [-0.05, 0) is 12.1 Å². The van der Waals surface area contributed by atoms with Gasteiger partial charge in [-0.1, -0.05) is 24.2 Å². The van der Waals surface area contributed by atoms with Gasteiger partial charge in [0.2, 0.25) is 5.91 Å². The topological polar surface area (TPSA) is 77.0 Å². The maximum Gasteiger partial charge on any atom is 0.227 e. The molecular weight excluding hydrogens is 337 g/mol. The van der Waals surface area contributed by atoms with Gasteiger partial charge in [-0.2, -0.15) is 5.10 Å². The minimum absolute atomic E-state index is 0.0394. The van der Waals surface area contributed by atoms with Crippen molar-refractivity contribution in [1.82, 2.24) is 24.8 Å². The van der Waals surface area contributed by atoms with E-state index in [1.807, 2.05) is 6.92 Å². The molecule has 1 unspecified atom stereocenters. The fraction of sp³-hybridized carbons (Fsp3) is 0.333. The number of aromatic nitrogens is 4. The van der Waals surface area contributed by atoms with Crippen molar-refractivity contribution in [2.24, 2.45) is 5.92 Å². The monoisotopic (exact) mass is 355 g/mol. The Labute approximate surface area is 149 Å². The number of carbonyl (C=O) groups excluding carboxylic acids is 1. The Morgan fingerprint density at radius 2 is 2.31 bits per heavy atom. The Balaban J connectivity index is 1.54. The third kappa shape index (κ3) is 3.10. The van der Waals surface area contributed by atoms with Crippen molar-refractivity contribution in [3.8, 4) is 11.3 Å². The van der Waals surface area contributed by atoms with E-state index in [2.05, 4.69) is 15.2 Å². The van der Waals surface area contributed by atoms with Crippen molar-refractivity contribution in [3.63, 3.8) is 0 Å². The van der Waals surface area contributed by atoms with Crippen LogP contribution in [0.1, 0.15) is 18.2 Å². The standard InChI is InChI=1S/C18H18FN5O2/c1-12(8-24-11-20-10-21-24)18(25)23-6-5-16-15(9-23)17(22-26-16)13-3-2-4-14(19)7-13/h2-4,7,10-12H,5-6,8-9H2,1H3. The molecule has 2 aromatic heterocycles. The van der Waals surface area contributed by atoms with Crippen LogP contribution in [0.4, 0.5) is 4.39 Å². The average Bonchev–Trinajstić information content (AvgIpc) is 3.30. The number of hydrogen-bond acceptors (Lipinski definition) is 5. The largest absolute Gasteiger partial charge is 0.360 e. The normalized spacial score (nSPS) is 14.9. The zero-order valence-corrected chi connectivity index (χ0v) is 14.3. The molecule has 0 spiro atoms. The zero-order valence-electron chi connectivity index (χ0n) is 14.3. The fourth-order valence-electron chi connectivity index (χ4n) is 3.26. The molecular formula is C18H18FN5O2. The Morgan fingerprint density at radius 3 is 3.08 bits per heavy atom. The molecule has 1 atom stereocenters. The number of fused-ring (bicyclic) bond motifs is 1. The summed E-state index contributed by atoms with van der Waals surface area (Å²) in [7, 11) is 0. The molecule has 1 amide bonds. The van der Waals surface area contributed by atoms with Crippen LogP contribution in [0.5, 0.6) is 0 Å². The highest BCUT2D eigenvalue weighted by molar-refractivity contribution is 5.79. The molecule has 0 saturated carbocycles. The number of carbonyl (C=O) groups is 1. The van der Waals surface area contributed by atoms with Crippen molar-refractivity contribution in [2.75, 3.05) is 6.54 Å². The lowest BCUT2D eigenvalue weighted by Gasteiger charge is -2.28. The number of benzene rings is 1. The number of hydrogen-bond donors (Lipinski definition) is 0. The minimum atomic E-state index is -0.329. The van der Waals surface area contributed by atoms with Crippen LogP contribution in [0.25, 0.3) is 11.3 Å². The molecule has 0 fully saturated rings. The van der Waals surface area contributed by atoms with Gasteiger partial charge in [0.15, 0.2) is 0 Å².